The molecule has 1 amide bonds. The monoisotopic (exact) mass is 487 g/mol. The molecule has 1 atom stereocenters. The smallest absolute Gasteiger partial charge is 0.326 e. The lowest BCUT2D eigenvalue weighted by Crippen LogP contribution is -2.44. The van der Waals surface area contributed by atoms with Gasteiger partial charge in [-0.3, -0.25) is 9.69 Å². The first kappa shape index (κ1) is 22.2. The van der Waals surface area contributed by atoms with Gasteiger partial charge in [0.25, 0.3) is 5.91 Å². The van der Waals surface area contributed by atoms with Crippen LogP contribution in [0, 0.1) is 0 Å². The van der Waals surface area contributed by atoms with Crippen molar-refractivity contribution in [2.75, 3.05) is 12.0 Å². The zero-order chi connectivity index (χ0) is 21.1. The summed E-state index contributed by atoms with van der Waals surface area (Å²) in [6.45, 7) is 0. The van der Waals surface area contributed by atoms with E-state index in [1.165, 1.54) is 16.7 Å². The van der Waals surface area contributed by atoms with Crippen molar-refractivity contribution >= 4 is 81.2 Å². The summed E-state index contributed by atoms with van der Waals surface area (Å²) in [7, 11) is 0. The van der Waals surface area contributed by atoms with Crippen molar-refractivity contribution in [2.45, 2.75) is 12.5 Å². The van der Waals surface area contributed by atoms with E-state index in [1.54, 1.807) is 36.4 Å². The molecule has 1 aromatic heterocycles. The van der Waals surface area contributed by atoms with Crippen LogP contribution in [0.2, 0.25) is 10.0 Å². The van der Waals surface area contributed by atoms with Crippen LogP contribution in [0.4, 0.5) is 0 Å². The number of amides is 1. The largest absolute Gasteiger partial charge is 0.480 e. The van der Waals surface area contributed by atoms with E-state index >= 15 is 0 Å². The second-order valence-electron chi connectivity index (χ2n) is 6.01. The van der Waals surface area contributed by atoms with Gasteiger partial charge in [0.05, 0.1) is 9.93 Å². The Kier molecular flexibility index (Phi) is 7.34. The highest BCUT2D eigenvalue weighted by Gasteiger charge is 2.40. The molecule has 0 radical (unpaired) electrons. The van der Waals surface area contributed by atoms with Crippen molar-refractivity contribution in [3.63, 3.8) is 0 Å². The molecule has 2 heterocycles. The van der Waals surface area contributed by atoms with Crippen LogP contribution in [0.5, 0.6) is 0 Å². The van der Waals surface area contributed by atoms with E-state index in [0.717, 1.165) is 11.8 Å². The minimum absolute atomic E-state index is 0.224. The van der Waals surface area contributed by atoms with E-state index < -0.39 is 17.9 Å². The standard InChI is InChI=1S/C19H15Cl2NO4S3/c1-28-7-6-14(18(24)25)22-17(23)16(29-19(22)27)9-11-3-5-15(26-11)12-4-2-10(20)8-13(12)21/h2-5,8-9,14H,6-7H2,1H3,(H,24,25)/b16-9+/t14-/m0/s1. The van der Waals surface area contributed by atoms with Crippen LogP contribution in [0.3, 0.4) is 0 Å². The lowest BCUT2D eigenvalue weighted by molar-refractivity contribution is -0.145. The molecule has 1 aliphatic rings. The molecule has 29 heavy (non-hydrogen) atoms. The molecule has 0 bridgehead atoms. The summed E-state index contributed by atoms with van der Waals surface area (Å²) in [6, 6.07) is 7.52. The van der Waals surface area contributed by atoms with Crippen LogP contribution in [0.25, 0.3) is 17.4 Å². The highest BCUT2D eigenvalue weighted by atomic mass is 35.5. The fourth-order valence-corrected chi connectivity index (χ4v) is 5.03. The van der Waals surface area contributed by atoms with Gasteiger partial charge in [-0.25, -0.2) is 4.79 Å². The van der Waals surface area contributed by atoms with Gasteiger partial charge < -0.3 is 9.52 Å². The van der Waals surface area contributed by atoms with Gasteiger partial charge in [0.1, 0.15) is 21.9 Å². The normalized spacial score (nSPS) is 16.7. The van der Waals surface area contributed by atoms with Crippen LogP contribution < -0.4 is 0 Å². The zero-order valence-electron chi connectivity index (χ0n) is 15.1. The minimum Gasteiger partial charge on any atom is -0.480 e. The van der Waals surface area contributed by atoms with Gasteiger partial charge in [0, 0.05) is 16.7 Å². The van der Waals surface area contributed by atoms with E-state index in [1.807, 2.05) is 6.26 Å². The Hall–Kier alpha value is -1.45. The number of carboxylic acid groups (broad SMARTS) is 1. The number of carboxylic acids is 1. The van der Waals surface area contributed by atoms with Crippen molar-refractivity contribution < 1.29 is 19.1 Å². The van der Waals surface area contributed by atoms with Crippen LogP contribution in [0.1, 0.15) is 12.2 Å². The maximum Gasteiger partial charge on any atom is 0.326 e. The molecule has 1 aliphatic heterocycles. The third kappa shape index (κ3) is 5.00. The SMILES string of the molecule is CSCC[C@@H](C(=O)O)N1C(=O)/C(=C\c2ccc(-c3ccc(Cl)cc3Cl)o2)SC1=S. The first-order valence-electron chi connectivity index (χ1n) is 8.36. The van der Waals surface area contributed by atoms with Crippen LogP contribution in [-0.4, -0.2) is 44.3 Å². The number of hydrogen-bond acceptors (Lipinski definition) is 6. The van der Waals surface area contributed by atoms with Gasteiger partial charge in [-0.2, -0.15) is 11.8 Å². The number of nitrogens with zero attached hydrogens (tertiary/aromatic N) is 1. The molecule has 0 aliphatic carbocycles. The highest BCUT2D eigenvalue weighted by Crippen LogP contribution is 2.36. The predicted molar refractivity (Wildman–Crippen MR) is 124 cm³/mol. The lowest BCUT2D eigenvalue weighted by Gasteiger charge is -2.22. The quantitative estimate of drug-likeness (QED) is 0.398. The van der Waals surface area contributed by atoms with E-state index in [2.05, 4.69) is 0 Å². The number of furan rings is 1. The molecule has 2 aromatic rings. The average Bonchev–Trinajstić information content (AvgIpc) is 3.21. The summed E-state index contributed by atoms with van der Waals surface area (Å²) >= 11 is 20.0. The summed E-state index contributed by atoms with van der Waals surface area (Å²) in [5, 5.41) is 10.5. The Labute approximate surface area is 191 Å². The molecule has 0 spiro atoms. The number of halogens is 2. The molecule has 0 saturated carbocycles. The van der Waals surface area contributed by atoms with Gasteiger partial charge >= 0.3 is 5.97 Å². The molecule has 1 aromatic carbocycles. The van der Waals surface area contributed by atoms with Crippen molar-refractivity contribution in [2.24, 2.45) is 0 Å². The Morgan fingerprint density at radius 3 is 2.79 bits per heavy atom. The van der Waals surface area contributed by atoms with E-state index in [9.17, 15) is 14.7 Å². The van der Waals surface area contributed by atoms with E-state index in [-0.39, 0.29) is 4.32 Å². The molecule has 0 unspecified atom stereocenters. The Morgan fingerprint density at radius 2 is 2.14 bits per heavy atom. The fourth-order valence-electron chi connectivity index (χ4n) is 2.73. The first-order chi connectivity index (χ1) is 13.8. The topological polar surface area (TPSA) is 70.8 Å². The summed E-state index contributed by atoms with van der Waals surface area (Å²) in [5.41, 5.74) is 0.672. The molecule has 1 N–H and O–H groups in total. The van der Waals surface area contributed by atoms with E-state index in [0.29, 0.717) is 44.2 Å². The fraction of sp³-hybridized carbons (Fsp3) is 0.211. The highest BCUT2D eigenvalue weighted by molar-refractivity contribution is 8.26. The second-order valence-corrected chi connectivity index (χ2v) is 9.52. The number of carbonyl (C=O) groups is 2. The Balaban J connectivity index is 1.84. The van der Waals surface area contributed by atoms with Gasteiger partial charge in [0.15, 0.2) is 0 Å². The number of hydrogen-bond donors (Lipinski definition) is 1. The van der Waals surface area contributed by atoms with Gasteiger partial charge in [0.2, 0.25) is 0 Å². The minimum atomic E-state index is -1.07. The maximum absolute atomic E-state index is 12.8. The van der Waals surface area contributed by atoms with E-state index in [4.69, 9.17) is 39.8 Å². The molecular formula is C19H15Cl2NO4S3. The molecule has 152 valence electrons. The summed E-state index contributed by atoms with van der Waals surface area (Å²) in [6.07, 6.45) is 3.75. The average molecular weight is 488 g/mol. The van der Waals surface area contributed by atoms with Crippen molar-refractivity contribution in [3.05, 3.63) is 51.0 Å². The molecule has 5 nitrogen and oxygen atoms in total. The number of thiocarbonyl (C=S) groups is 1. The molecular weight excluding hydrogens is 473 g/mol. The summed E-state index contributed by atoms with van der Waals surface area (Å²) in [5.74, 6) is 0.0562. The number of rotatable bonds is 7. The number of carbonyl (C=O) groups excluding carboxylic acids is 1. The molecule has 10 heteroatoms. The number of thioether (sulfide) groups is 2. The van der Waals surface area contributed by atoms with Gasteiger partial charge in [-0.1, -0.05) is 47.2 Å². The zero-order valence-corrected chi connectivity index (χ0v) is 19.0. The molecule has 1 saturated heterocycles. The van der Waals surface area contributed by atoms with Crippen molar-refractivity contribution in [1.29, 1.82) is 0 Å². The maximum atomic E-state index is 12.8. The first-order valence-corrected chi connectivity index (χ1v) is 11.7. The van der Waals surface area contributed by atoms with Crippen LogP contribution in [0.15, 0.2) is 39.7 Å². The summed E-state index contributed by atoms with van der Waals surface area (Å²) < 4.78 is 6.02. The number of benzene rings is 1. The van der Waals surface area contributed by atoms with Gasteiger partial charge in [-0.15, -0.1) is 0 Å². The van der Waals surface area contributed by atoms with Crippen molar-refractivity contribution in [1.82, 2.24) is 4.90 Å². The Morgan fingerprint density at radius 1 is 1.38 bits per heavy atom. The summed E-state index contributed by atoms with van der Waals surface area (Å²) in [4.78, 5) is 25.9. The second kappa shape index (κ2) is 9.57. The van der Waals surface area contributed by atoms with Crippen LogP contribution >= 0.6 is 58.9 Å². The number of aliphatic carboxylic acids is 1. The predicted octanol–water partition coefficient (Wildman–Crippen LogP) is 5.66. The van der Waals surface area contributed by atoms with Crippen LogP contribution in [-0.2, 0) is 9.59 Å². The third-order valence-corrected chi connectivity index (χ3v) is 6.63. The third-order valence-electron chi connectivity index (χ3n) is 4.11. The Bertz CT molecular complexity index is 1010. The lowest BCUT2D eigenvalue weighted by atomic mass is 10.2. The van der Waals surface area contributed by atoms with Gasteiger partial charge in [-0.05, 0) is 48.8 Å². The molecule has 3 rings (SSSR count). The molecule has 1 fully saturated rings. The van der Waals surface area contributed by atoms with Crippen molar-refractivity contribution in [3.8, 4) is 11.3 Å².